The number of hydrogen-bond acceptors (Lipinski definition) is 5. The molecular formula is C15H23N3OS. The summed E-state index contributed by atoms with van der Waals surface area (Å²) >= 11 is 1.64. The normalized spacial score (nSPS) is 12.2. The number of rotatable bonds is 6. The van der Waals surface area contributed by atoms with Gasteiger partial charge in [0, 0.05) is 29.6 Å². The molecule has 0 saturated carbocycles. The fourth-order valence-corrected chi connectivity index (χ4v) is 2.50. The summed E-state index contributed by atoms with van der Waals surface area (Å²) in [6.07, 6.45) is 1.77. The van der Waals surface area contributed by atoms with Crippen molar-refractivity contribution in [2.45, 2.75) is 45.9 Å². The molecule has 0 saturated heterocycles. The molecule has 2 aromatic heterocycles. The molecule has 0 unspecified atom stereocenters. The molecule has 0 aromatic carbocycles. The van der Waals surface area contributed by atoms with Crippen molar-refractivity contribution in [2.24, 2.45) is 0 Å². The third-order valence-electron chi connectivity index (χ3n) is 2.97. The van der Waals surface area contributed by atoms with E-state index in [4.69, 9.17) is 4.42 Å². The number of aromatic nitrogens is 1. The number of nitrogens with zero attached hydrogens (tertiary/aromatic N) is 2. The fourth-order valence-electron chi connectivity index (χ4n) is 1.95. The van der Waals surface area contributed by atoms with Crippen LogP contribution >= 0.6 is 11.3 Å². The maximum absolute atomic E-state index is 5.59. The smallest absolute Gasteiger partial charge is 0.122 e. The highest BCUT2D eigenvalue weighted by Crippen LogP contribution is 2.15. The van der Waals surface area contributed by atoms with Gasteiger partial charge in [0.25, 0.3) is 0 Å². The first-order chi connectivity index (χ1) is 9.44. The van der Waals surface area contributed by atoms with Crippen LogP contribution in [0.3, 0.4) is 0 Å². The molecule has 110 valence electrons. The van der Waals surface area contributed by atoms with Gasteiger partial charge in [-0.1, -0.05) is 0 Å². The first-order valence-electron chi connectivity index (χ1n) is 6.80. The fraction of sp³-hybridized carbons (Fsp3) is 0.533. The minimum Gasteiger partial charge on any atom is -0.468 e. The van der Waals surface area contributed by atoms with Crippen LogP contribution in [0.2, 0.25) is 0 Å². The summed E-state index contributed by atoms with van der Waals surface area (Å²) in [5.74, 6) is 1.02. The summed E-state index contributed by atoms with van der Waals surface area (Å²) < 4.78 is 5.59. The maximum atomic E-state index is 5.59. The molecule has 0 aliphatic rings. The highest BCUT2D eigenvalue weighted by atomic mass is 32.1. The van der Waals surface area contributed by atoms with E-state index >= 15 is 0 Å². The number of nitrogens with one attached hydrogen (secondary N) is 1. The van der Waals surface area contributed by atoms with Gasteiger partial charge in [-0.25, -0.2) is 4.98 Å². The van der Waals surface area contributed by atoms with Crippen molar-refractivity contribution in [1.29, 1.82) is 0 Å². The standard InChI is InChI=1S/C15H23N3OS/c1-15(2,3)17-7-14-12(5-6-19-14)8-18(4)9-13-10-20-11-16-13/h5-6,10-11,17H,7-9H2,1-4H3. The van der Waals surface area contributed by atoms with Crippen molar-refractivity contribution < 1.29 is 4.42 Å². The number of hydrogen-bond donors (Lipinski definition) is 1. The minimum atomic E-state index is 0.0938. The predicted octanol–water partition coefficient (Wildman–Crippen LogP) is 3.26. The Morgan fingerprint density at radius 2 is 2.15 bits per heavy atom. The van der Waals surface area contributed by atoms with Gasteiger partial charge in [0.15, 0.2) is 0 Å². The second-order valence-corrected chi connectivity index (χ2v) is 6.84. The zero-order valence-corrected chi connectivity index (χ0v) is 13.5. The minimum absolute atomic E-state index is 0.0938. The van der Waals surface area contributed by atoms with Crippen molar-refractivity contribution in [3.63, 3.8) is 0 Å². The molecule has 2 rings (SSSR count). The van der Waals surface area contributed by atoms with E-state index in [-0.39, 0.29) is 5.54 Å². The molecule has 0 spiro atoms. The Bertz CT molecular complexity index is 513. The first-order valence-corrected chi connectivity index (χ1v) is 7.74. The Hall–Kier alpha value is -1.17. The quantitative estimate of drug-likeness (QED) is 0.887. The lowest BCUT2D eigenvalue weighted by molar-refractivity contribution is 0.309. The monoisotopic (exact) mass is 293 g/mol. The molecule has 0 aliphatic carbocycles. The molecule has 2 heterocycles. The molecule has 0 aliphatic heterocycles. The van der Waals surface area contributed by atoms with Gasteiger partial charge >= 0.3 is 0 Å². The van der Waals surface area contributed by atoms with Crippen LogP contribution in [0.5, 0.6) is 0 Å². The Kier molecular flexibility index (Phi) is 4.96. The third kappa shape index (κ3) is 4.74. The lowest BCUT2D eigenvalue weighted by Gasteiger charge is -2.20. The SMILES string of the molecule is CN(Cc1cscn1)Cc1ccoc1CNC(C)(C)C. The molecule has 0 radical (unpaired) electrons. The van der Waals surface area contributed by atoms with Gasteiger partial charge in [0.2, 0.25) is 0 Å². The van der Waals surface area contributed by atoms with Crippen molar-refractivity contribution in [3.8, 4) is 0 Å². The van der Waals surface area contributed by atoms with Crippen LogP contribution in [0.15, 0.2) is 27.6 Å². The molecule has 2 aromatic rings. The van der Waals surface area contributed by atoms with Gasteiger partial charge in [0.05, 0.1) is 24.0 Å². The van der Waals surface area contributed by atoms with Gasteiger partial charge in [-0.05, 0) is 33.9 Å². The molecule has 20 heavy (non-hydrogen) atoms. The van der Waals surface area contributed by atoms with E-state index in [0.29, 0.717) is 0 Å². The summed E-state index contributed by atoms with van der Waals surface area (Å²) in [4.78, 5) is 6.57. The van der Waals surface area contributed by atoms with E-state index in [2.05, 4.69) is 54.5 Å². The predicted molar refractivity (Wildman–Crippen MR) is 82.6 cm³/mol. The van der Waals surface area contributed by atoms with Gasteiger partial charge in [0.1, 0.15) is 5.76 Å². The van der Waals surface area contributed by atoms with Crippen molar-refractivity contribution in [3.05, 3.63) is 40.2 Å². The average Bonchev–Trinajstić information content (AvgIpc) is 2.97. The first kappa shape index (κ1) is 15.2. The zero-order valence-electron chi connectivity index (χ0n) is 12.6. The van der Waals surface area contributed by atoms with Crippen molar-refractivity contribution in [1.82, 2.24) is 15.2 Å². The molecule has 0 bridgehead atoms. The van der Waals surface area contributed by atoms with Crippen LogP contribution in [-0.2, 0) is 19.6 Å². The largest absolute Gasteiger partial charge is 0.468 e. The van der Waals surface area contributed by atoms with Gasteiger partial charge < -0.3 is 9.73 Å². The van der Waals surface area contributed by atoms with Crippen LogP contribution in [0, 0.1) is 0 Å². The van der Waals surface area contributed by atoms with Crippen LogP contribution in [0.4, 0.5) is 0 Å². The molecule has 0 atom stereocenters. The summed E-state index contributed by atoms with van der Waals surface area (Å²) in [5, 5.41) is 5.55. The second kappa shape index (κ2) is 6.52. The molecule has 0 fully saturated rings. The van der Waals surface area contributed by atoms with E-state index < -0.39 is 0 Å². The van der Waals surface area contributed by atoms with E-state index in [1.807, 2.05) is 5.51 Å². The molecular weight excluding hydrogens is 270 g/mol. The summed E-state index contributed by atoms with van der Waals surface area (Å²) in [6.45, 7) is 8.96. The van der Waals surface area contributed by atoms with Gasteiger partial charge in [-0.2, -0.15) is 0 Å². The average molecular weight is 293 g/mol. The van der Waals surface area contributed by atoms with E-state index in [1.54, 1.807) is 17.6 Å². The van der Waals surface area contributed by atoms with Crippen LogP contribution in [-0.4, -0.2) is 22.5 Å². The molecule has 4 nitrogen and oxygen atoms in total. The zero-order chi connectivity index (χ0) is 14.6. The van der Waals surface area contributed by atoms with Crippen molar-refractivity contribution in [2.75, 3.05) is 7.05 Å². The molecule has 0 amide bonds. The topological polar surface area (TPSA) is 41.3 Å². The number of furan rings is 1. The van der Waals surface area contributed by atoms with Crippen molar-refractivity contribution >= 4 is 11.3 Å². The van der Waals surface area contributed by atoms with Crippen LogP contribution in [0.1, 0.15) is 37.8 Å². The van der Waals surface area contributed by atoms with Crippen LogP contribution in [0.25, 0.3) is 0 Å². The highest BCUT2D eigenvalue weighted by molar-refractivity contribution is 7.07. The molecule has 5 heteroatoms. The Labute approximate surface area is 124 Å². The second-order valence-electron chi connectivity index (χ2n) is 6.12. The van der Waals surface area contributed by atoms with Crippen LogP contribution < -0.4 is 5.32 Å². The Balaban J connectivity index is 1.91. The Morgan fingerprint density at radius 3 is 2.80 bits per heavy atom. The van der Waals surface area contributed by atoms with Gasteiger partial charge in [-0.3, -0.25) is 4.90 Å². The van der Waals surface area contributed by atoms with E-state index in [0.717, 1.165) is 31.1 Å². The highest BCUT2D eigenvalue weighted by Gasteiger charge is 2.14. The third-order valence-corrected chi connectivity index (χ3v) is 3.61. The van der Waals surface area contributed by atoms with Gasteiger partial charge in [-0.15, -0.1) is 11.3 Å². The van der Waals surface area contributed by atoms with E-state index in [9.17, 15) is 0 Å². The lowest BCUT2D eigenvalue weighted by atomic mass is 10.1. The molecule has 1 N–H and O–H groups in total. The number of thiazole rings is 1. The van der Waals surface area contributed by atoms with E-state index in [1.165, 1.54) is 5.56 Å². The maximum Gasteiger partial charge on any atom is 0.122 e. The lowest BCUT2D eigenvalue weighted by Crippen LogP contribution is -2.35. The summed E-state index contributed by atoms with van der Waals surface area (Å²) in [5.41, 5.74) is 4.32. The Morgan fingerprint density at radius 1 is 1.35 bits per heavy atom. The summed E-state index contributed by atoms with van der Waals surface area (Å²) in [7, 11) is 2.10. The summed E-state index contributed by atoms with van der Waals surface area (Å²) in [6, 6.07) is 2.05.